The molecule has 0 aromatic heterocycles. The van der Waals surface area contributed by atoms with Crippen LogP contribution in [0.3, 0.4) is 0 Å². The van der Waals surface area contributed by atoms with E-state index in [9.17, 15) is 8.42 Å². The number of hydrogen-bond acceptors (Lipinski definition) is 5. The van der Waals surface area contributed by atoms with Crippen LogP contribution in [0, 0.1) is 0 Å². The highest BCUT2D eigenvalue weighted by Gasteiger charge is 2.22. The molecule has 1 aliphatic heterocycles. The molecule has 0 amide bonds. The Hall–Kier alpha value is -1.31. The lowest BCUT2D eigenvalue weighted by Crippen LogP contribution is -2.43. The predicted molar refractivity (Wildman–Crippen MR) is 80.4 cm³/mol. The first kappa shape index (κ1) is 16.1. The van der Waals surface area contributed by atoms with Crippen LogP contribution in [0.2, 0.25) is 0 Å². The molecule has 2 rings (SSSR count). The highest BCUT2D eigenvalue weighted by molar-refractivity contribution is 7.89. The zero-order chi connectivity index (χ0) is 15.3. The molecule has 7 heteroatoms. The molecule has 1 unspecified atom stereocenters. The van der Waals surface area contributed by atoms with Crippen molar-refractivity contribution in [3.8, 4) is 11.5 Å². The van der Waals surface area contributed by atoms with Gasteiger partial charge in [0.25, 0.3) is 0 Å². The summed E-state index contributed by atoms with van der Waals surface area (Å²) in [7, 11) is -0.684. The monoisotopic (exact) mass is 314 g/mol. The molecule has 1 saturated heterocycles. The maximum Gasteiger partial charge on any atom is 0.244 e. The largest absolute Gasteiger partial charge is 0.497 e. The fourth-order valence-corrected chi connectivity index (χ4v) is 3.64. The number of sulfonamides is 1. The number of rotatable bonds is 6. The molecule has 1 heterocycles. The van der Waals surface area contributed by atoms with Crippen LogP contribution in [0.4, 0.5) is 0 Å². The molecular formula is C14H22N2O4S. The fourth-order valence-electron chi connectivity index (χ4n) is 2.38. The van der Waals surface area contributed by atoms with Gasteiger partial charge in [0.2, 0.25) is 10.0 Å². The van der Waals surface area contributed by atoms with Crippen molar-refractivity contribution in [3.05, 3.63) is 18.2 Å². The minimum Gasteiger partial charge on any atom is -0.497 e. The van der Waals surface area contributed by atoms with E-state index in [-0.39, 0.29) is 10.9 Å². The third kappa shape index (κ3) is 4.09. The summed E-state index contributed by atoms with van der Waals surface area (Å²) in [6, 6.07) is 4.91. The summed E-state index contributed by atoms with van der Waals surface area (Å²) in [5, 5.41) is 3.31. The molecule has 1 atom stereocenters. The molecule has 0 radical (unpaired) electrons. The van der Waals surface area contributed by atoms with Crippen molar-refractivity contribution < 1.29 is 17.9 Å². The number of hydrogen-bond donors (Lipinski definition) is 2. The van der Waals surface area contributed by atoms with Crippen LogP contribution >= 0.6 is 0 Å². The van der Waals surface area contributed by atoms with Crippen LogP contribution in [-0.4, -0.2) is 41.8 Å². The standard InChI is InChI=1S/C14H22N2O4S/c1-19-12-6-7-13(20-2)14(9-12)21(17,18)16-10-11-5-3-4-8-15-11/h6-7,9,11,15-16H,3-5,8,10H2,1-2H3. The Morgan fingerprint density at radius 2 is 2.10 bits per heavy atom. The molecule has 21 heavy (non-hydrogen) atoms. The summed E-state index contributed by atoms with van der Waals surface area (Å²) in [5.41, 5.74) is 0. The zero-order valence-electron chi connectivity index (χ0n) is 12.4. The van der Waals surface area contributed by atoms with Gasteiger partial charge in [-0.25, -0.2) is 13.1 Å². The average Bonchev–Trinajstić information content (AvgIpc) is 2.53. The van der Waals surface area contributed by atoms with E-state index in [1.165, 1.54) is 20.3 Å². The van der Waals surface area contributed by atoms with Crippen LogP contribution in [0.25, 0.3) is 0 Å². The van der Waals surface area contributed by atoms with Gasteiger partial charge >= 0.3 is 0 Å². The fraction of sp³-hybridized carbons (Fsp3) is 0.571. The number of piperidine rings is 1. The third-order valence-corrected chi connectivity index (χ3v) is 5.04. The Kier molecular flexibility index (Phi) is 5.44. The van der Waals surface area contributed by atoms with E-state index in [1.807, 2.05) is 0 Å². The molecular weight excluding hydrogens is 292 g/mol. The summed E-state index contributed by atoms with van der Waals surface area (Å²) >= 11 is 0. The number of methoxy groups -OCH3 is 2. The van der Waals surface area contributed by atoms with Crippen molar-refractivity contribution in [3.63, 3.8) is 0 Å². The van der Waals surface area contributed by atoms with Crippen LogP contribution in [0.1, 0.15) is 19.3 Å². The maximum atomic E-state index is 12.4. The van der Waals surface area contributed by atoms with Gasteiger partial charge in [-0.05, 0) is 31.5 Å². The Labute approximate surface area is 125 Å². The van der Waals surface area contributed by atoms with E-state index in [0.29, 0.717) is 18.0 Å². The van der Waals surface area contributed by atoms with Gasteiger partial charge in [0, 0.05) is 18.7 Å². The van der Waals surface area contributed by atoms with E-state index in [2.05, 4.69) is 10.0 Å². The number of nitrogens with one attached hydrogen (secondary N) is 2. The van der Waals surface area contributed by atoms with E-state index in [1.54, 1.807) is 12.1 Å². The topological polar surface area (TPSA) is 76.7 Å². The van der Waals surface area contributed by atoms with Gasteiger partial charge in [0.1, 0.15) is 16.4 Å². The molecule has 1 aromatic rings. The Morgan fingerprint density at radius 3 is 2.71 bits per heavy atom. The first-order valence-electron chi connectivity index (χ1n) is 7.02. The van der Waals surface area contributed by atoms with E-state index < -0.39 is 10.0 Å². The molecule has 2 N–H and O–H groups in total. The van der Waals surface area contributed by atoms with E-state index in [4.69, 9.17) is 9.47 Å². The molecule has 0 spiro atoms. The van der Waals surface area contributed by atoms with Gasteiger partial charge in [0.15, 0.2) is 0 Å². The van der Waals surface area contributed by atoms with E-state index >= 15 is 0 Å². The Morgan fingerprint density at radius 1 is 1.29 bits per heavy atom. The Balaban J connectivity index is 2.14. The summed E-state index contributed by atoms with van der Waals surface area (Å²) in [6.07, 6.45) is 3.26. The van der Waals surface area contributed by atoms with Gasteiger partial charge in [-0.1, -0.05) is 6.42 Å². The van der Waals surface area contributed by atoms with Gasteiger partial charge < -0.3 is 14.8 Å². The quantitative estimate of drug-likeness (QED) is 0.823. The SMILES string of the molecule is COc1ccc(OC)c(S(=O)(=O)NCC2CCCCN2)c1. The Bertz CT molecular complexity index is 568. The lowest BCUT2D eigenvalue weighted by Gasteiger charge is -2.23. The molecule has 1 aromatic carbocycles. The minimum absolute atomic E-state index is 0.0974. The lowest BCUT2D eigenvalue weighted by atomic mass is 10.1. The summed E-state index contributed by atoms with van der Waals surface area (Å²) in [4.78, 5) is 0.0974. The first-order valence-corrected chi connectivity index (χ1v) is 8.50. The molecule has 1 fully saturated rings. The second-order valence-electron chi connectivity index (χ2n) is 5.02. The highest BCUT2D eigenvalue weighted by Crippen LogP contribution is 2.28. The van der Waals surface area contributed by atoms with Crippen molar-refractivity contribution in [2.45, 2.75) is 30.2 Å². The molecule has 0 aliphatic carbocycles. The van der Waals surface area contributed by atoms with Crippen LogP contribution in [0.5, 0.6) is 11.5 Å². The molecule has 0 bridgehead atoms. The second kappa shape index (κ2) is 7.11. The van der Waals surface area contributed by atoms with Gasteiger partial charge in [-0.2, -0.15) is 0 Å². The summed E-state index contributed by atoms with van der Waals surface area (Å²) in [5.74, 6) is 0.784. The van der Waals surface area contributed by atoms with Gasteiger partial charge in [-0.15, -0.1) is 0 Å². The van der Waals surface area contributed by atoms with Crippen LogP contribution < -0.4 is 19.5 Å². The van der Waals surface area contributed by atoms with Crippen molar-refractivity contribution in [1.29, 1.82) is 0 Å². The van der Waals surface area contributed by atoms with Crippen molar-refractivity contribution >= 4 is 10.0 Å². The van der Waals surface area contributed by atoms with Crippen LogP contribution in [0.15, 0.2) is 23.1 Å². The lowest BCUT2D eigenvalue weighted by molar-refractivity contribution is 0.388. The zero-order valence-corrected chi connectivity index (χ0v) is 13.2. The molecule has 6 nitrogen and oxygen atoms in total. The summed E-state index contributed by atoms with van der Waals surface area (Å²) in [6.45, 7) is 1.32. The predicted octanol–water partition coefficient (Wildman–Crippen LogP) is 1.12. The third-order valence-electron chi connectivity index (χ3n) is 3.59. The van der Waals surface area contributed by atoms with E-state index in [0.717, 1.165) is 25.8 Å². The van der Waals surface area contributed by atoms with Crippen molar-refractivity contribution in [1.82, 2.24) is 10.0 Å². The number of ether oxygens (including phenoxy) is 2. The average molecular weight is 314 g/mol. The van der Waals surface area contributed by atoms with Gasteiger partial charge in [-0.3, -0.25) is 0 Å². The highest BCUT2D eigenvalue weighted by atomic mass is 32.2. The molecule has 118 valence electrons. The van der Waals surface area contributed by atoms with Crippen molar-refractivity contribution in [2.24, 2.45) is 0 Å². The van der Waals surface area contributed by atoms with Crippen LogP contribution in [-0.2, 0) is 10.0 Å². The minimum atomic E-state index is -3.63. The second-order valence-corrected chi connectivity index (χ2v) is 6.75. The first-order chi connectivity index (χ1) is 10.1. The van der Waals surface area contributed by atoms with Gasteiger partial charge in [0.05, 0.1) is 14.2 Å². The molecule has 0 saturated carbocycles. The molecule has 1 aliphatic rings. The smallest absolute Gasteiger partial charge is 0.244 e. The summed E-state index contributed by atoms with van der Waals surface area (Å²) < 4.78 is 37.8. The normalized spacial score (nSPS) is 19.2. The number of benzene rings is 1. The van der Waals surface area contributed by atoms with Crippen molar-refractivity contribution in [2.75, 3.05) is 27.3 Å². The maximum absolute atomic E-state index is 12.4.